The van der Waals surface area contributed by atoms with Gasteiger partial charge in [-0.1, -0.05) is 15.9 Å². The summed E-state index contributed by atoms with van der Waals surface area (Å²) in [6, 6.07) is 2.04. The Bertz CT molecular complexity index is 715. The second-order valence-electron chi connectivity index (χ2n) is 5.13. The standard InChI is InChI=1S/C13H12Br2N2O3/c1-5-6(14)2-7-11(10(5)15)16-9-4-19-12-8(18)3-20-13(12)17(7)9/h2,8,12-13,18H,3-4H2,1H3/t8-,12-,13+/m1/s1. The Hall–Kier alpha value is -0.470. The van der Waals surface area contributed by atoms with Gasteiger partial charge in [-0.15, -0.1) is 0 Å². The number of rotatable bonds is 0. The van der Waals surface area contributed by atoms with Gasteiger partial charge < -0.3 is 14.6 Å². The molecule has 2 aliphatic heterocycles. The highest BCUT2D eigenvalue weighted by molar-refractivity contribution is 9.11. The molecule has 3 atom stereocenters. The average Bonchev–Trinajstić information content (AvgIpc) is 2.98. The molecule has 2 aromatic rings. The molecular formula is C13H12Br2N2O3. The third-order valence-electron chi connectivity index (χ3n) is 3.94. The molecule has 1 aromatic heterocycles. The van der Waals surface area contributed by atoms with Crippen LogP contribution in [-0.4, -0.2) is 33.5 Å². The number of fused-ring (bicyclic) bond motifs is 5. The predicted molar refractivity (Wildman–Crippen MR) is 79.4 cm³/mol. The lowest BCUT2D eigenvalue weighted by molar-refractivity contribution is -0.0969. The van der Waals surface area contributed by atoms with E-state index in [4.69, 9.17) is 9.47 Å². The van der Waals surface area contributed by atoms with Crippen LogP contribution in [0.4, 0.5) is 0 Å². The van der Waals surface area contributed by atoms with E-state index in [1.165, 1.54) is 0 Å². The molecule has 0 radical (unpaired) electrons. The first kappa shape index (κ1) is 13.2. The van der Waals surface area contributed by atoms with Crippen LogP contribution in [0, 0.1) is 6.92 Å². The minimum absolute atomic E-state index is 0.294. The largest absolute Gasteiger partial charge is 0.388 e. The maximum atomic E-state index is 9.91. The SMILES string of the molecule is Cc1c(Br)cc2c(nc3n2[C@H]2OC[C@@H](O)[C@H]2OC3)c1Br. The van der Waals surface area contributed by atoms with E-state index in [0.29, 0.717) is 13.2 Å². The smallest absolute Gasteiger partial charge is 0.164 e. The van der Waals surface area contributed by atoms with Crippen molar-refractivity contribution < 1.29 is 14.6 Å². The Balaban J connectivity index is 1.99. The Morgan fingerprint density at radius 1 is 1.40 bits per heavy atom. The number of hydrogen-bond donors (Lipinski definition) is 1. The summed E-state index contributed by atoms with van der Waals surface area (Å²) in [7, 11) is 0. The first-order chi connectivity index (χ1) is 9.58. The second-order valence-corrected chi connectivity index (χ2v) is 6.78. The van der Waals surface area contributed by atoms with E-state index in [1.54, 1.807) is 0 Å². The number of imidazole rings is 1. The molecule has 0 aliphatic carbocycles. The minimum Gasteiger partial charge on any atom is -0.388 e. The number of hydrogen-bond acceptors (Lipinski definition) is 4. The van der Waals surface area contributed by atoms with Crippen molar-refractivity contribution in [1.82, 2.24) is 9.55 Å². The Morgan fingerprint density at radius 3 is 3.00 bits per heavy atom. The van der Waals surface area contributed by atoms with Crippen LogP contribution in [0.3, 0.4) is 0 Å². The van der Waals surface area contributed by atoms with Gasteiger partial charge in [-0.05, 0) is 34.5 Å². The second kappa shape index (κ2) is 4.51. The van der Waals surface area contributed by atoms with Gasteiger partial charge in [0.15, 0.2) is 6.23 Å². The molecule has 2 aliphatic rings. The third kappa shape index (κ3) is 1.67. The van der Waals surface area contributed by atoms with Gasteiger partial charge in [-0.3, -0.25) is 4.57 Å². The summed E-state index contributed by atoms with van der Waals surface area (Å²) in [5.74, 6) is 0.827. The summed E-state index contributed by atoms with van der Waals surface area (Å²) in [4.78, 5) is 4.65. The van der Waals surface area contributed by atoms with Crippen molar-refractivity contribution in [2.45, 2.75) is 32.0 Å². The van der Waals surface area contributed by atoms with E-state index >= 15 is 0 Å². The number of aromatic nitrogens is 2. The van der Waals surface area contributed by atoms with Gasteiger partial charge in [0.2, 0.25) is 0 Å². The zero-order chi connectivity index (χ0) is 14.0. The maximum absolute atomic E-state index is 9.91. The van der Waals surface area contributed by atoms with E-state index < -0.39 is 6.10 Å². The fraction of sp³-hybridized carbons (Fsp3) is 0.462. The van der Waals surface area contributed by atoms with Crippen molar-refractivity contribution >= 4 is 42.9 Å². The van der Waals surface area contributed by atoms with Crippen LogP contribution in [0.1, 0.15) is 17.6 Å². The van der Waals surface area contributed by atoms with Gasteiger partial charge >= 0.3 is 0 Å². The first-order valence-electron chi connectivity index (χ1n) is 6.34. The highest BCUT2D eigenvalue weighted by atomic mass is 79.9. The number of benzene rings is 1. The highest BCUT2D eigenvalue weighted by Crippen LogP contribution is 2.40. The van der Waals surface area contributed by atoms with Crippen LogP contribution >= 0.6 is 31.9 Å². The molecule has 5 nitrogen and oxygen atoms in total. The van der Waals surface area contributed by atoms with Gasteiger partial charge in [0, 0.05) is 8.95 Å². The molecule has 1 aromatic carbocycles. The molecule has 106 valence electrons. The monoisotopic (exact) mass is 402 g/mol. The number of aliphatic hydroxyl groups is 1. The number of aliphatic hydroxyl groups excluding tert-OH is 1. The summed E-state index contributed by atoms with van der Waals surface area (Å²) in [6.07, 6.45) is -1.21. The van der Waals surface area contributed by atoms with E-state index in [-0.39, 0.29) is 12.3 Å². The quantitative estimate of drug-likeness (QED) is 0.734. The topological polar surface area (TPSA) is 56.5 Å². The summed E-state index contributed by atoms with van der Waals surface area (Å²) in [5, 5.41) is 9.91. The summed E-state index contributed by atoms with van der Waals surface area (Å²) in [6.45, 7) is 2.71. The fourth-order valence-corrected chi connectivity index (χ4v) is 4.04. The zero-order valence-corrected chi connectivity index (χ0v) is 13.8. The number of halogens is 2. The molecule has 0 spiro atoms. The van der Waals surface area contributed by atoms with Crippen LogP contribution in [-0.2, 0) is 16.1 Å². The lowest BCUT2D eigenvalue weighted by Crippen LogP contribution is -2.36. The van der Waals surface area contributed by atoms with Crippen LogP contribution in [0.2, 0.25) is 0 Å². The lowest BCUT2D eigenvalue weighted by atomic mass is 10.2. The van der Waals surface area contributed by atoms with Gasteiger partial charge in [0.1, 0.15) is 30.2 Å². The summed E-state index contributed by atoms with van der Waals surface area (Å²) < 4.78 is 15.4. The first-order valence-corrected chi connectivity index (χ1v) is 7.93. The van der Waals surface area contributed by atoms with E-state index in [1.807, 2.05) is 17.6 Å². The van der Waals surface area contributed by atoms with Crippen molar-refractivity contribution in [2.75, 3.05) is 6.61 Å². The highest BCUT2D eigenvalue weighted by Gasteiger charge is 2.43. The van der Waals surface area contributed by atoms with E-state index in [2.05, 4.69) is 36.8 Å². The molecule has 1 fully saturated rings. The molecular weight excluding hydrogens is 392 g/mol. The maximum Gasteiger partial charge on any atom is 0.164 e. The third-order valence-corrected chi connectivity index (χ3v) is 5.73. The fourth-order valence-electron chi connectivity index (χ4n) is 2.85. The lowest BCUT2D eigenvalue weighted by Gasteiger charge is -2.28. The summed E-state index contributed by atoms with van der Waals surface area (Å²) >= 11 is 7.18. The van der Waals surface area contributed by atoms with Gasteiger partial charge in [0.05, 0.1) is 12.1 Å². The molecule has 0 unspecified atom stereocenters. The van der Waals surface area contributed by atoms with Gasteiger partial charge in [-0.2, -0.15) is 0 Å². The number of ether oxygens (including phenoxy) is 2. The molecule has 20 heavy (non-hydrogen) atoms. The molecule has 1 saturated heterocycles. The van der Waals surface area contributed by atoms with Crippen molar-refractivity contribution in [3.05, 3.63) is 26.4 Å². The average molecular weight is 404 g/mol. The molecule has 7 heteroatoms. The van der Waals surface area contributed by atoms with Crippen molar-refractivity contribution in [2.24, 2.45) is 0 Å². The summed E-state index contributed by atoms with van der Waals surface area (Å²) in [5.41, 5.74) is 2.99. The normalized spacial score (nSPS) is 28.7. The van der Waals surface area contributed by atoms with Crippen LogP contribution < -0.4 is 0 Å². The van der Waals surface area contributed by atoms with Gasteiger partial charge in [-0.25, -0.2) is 4.98 Å². The van der Waals surface area contributed by atoms with Crippen LogP contribution in [0.25, 0.3) is 11.0 Å². The van der Waals surface area contributed by atoms with Crippen molar-refractivity contribution in [3.63, 3.8) is 0 Å². The Morgan fingerprint density at radius 2 is 2.20 bits per heavy atom. The minimum atomic E-state index is -0.581. The van der Waals surface area contributed by atoms with E-state index in [9.17, 15) is 5.11 Å². The molecule has 4 rings (SSSR count). The molecule has 3 heterocycles. The predicted octanol–water partition coefficient (Wildman–Crippen LogP) is 2.66. The zero-order valence-electron chi connectivity index (χ0n) is 10.6. The van der Waals surface area contributed by atoms with Crippen molar-refractivity contribution in [1.29, 1.82) is 0 Å². The number of nitrogens with zero attached hydrogens (tertiary/aromatic N) is 2. The van der Waals surface area contributed by atoms with Crippen molar-refractivity contribution in [3.8, 4) is 0 Å². The molecule has 0 saturated carbocycles. The van der Waals surface area contributed by atoms with E-state index in [0.717, 1.165) is 31.4 Å². The Kier molecular flexibility index (Phi) is 2.98. The Labute approximate surface area is 132 Å². The van der Waals surface area contributed by atoms with Crippen LogP contribution in [0.15, 0.2) is 15.0 Å². The molecule has 0 amide bonds. The molecule has 0 bridgehead atoms. The van der Waals surface area contributed by atoms with Gasteiger partial charge in [0.25, 0.3) is 0 Å². The molecule has 1 N–H and O–H groups in total. The van der Waals surface area contributed by atoms with Crippen LogP contribution in [0.5, 0.6) is 0 Å².